The summed E-state index contributed by atoms with van der Waals surface area (Å²) >= 11 is 0. The number of amides is 1. The first kappa shape index (κ1) is 17.2. The molecule has 0 saturated carbocycles. The average molecular weight is 347 g/mol. The second kappa shape index (κ2) is 6.02. The van der Waals surface area contributed by atoms with Gasteiger partial charge in [0.15, 0.2) is 0 Å². The lowest BCUT2D eigenvalue weighted by Gasteiger charge is -2.17. The standard InChI is InChI=1S/C19H16F3NO2/c1-19(2)14-4-3-10(5-11(14)6-17(19)24)18(25)23-9-13-15(21)7-12(20)8-16(13)22/h3-5,7-8H,6,9H2,1-2H3,(H,23,25). The van der Waals surface area contributed by atoms with Crippen LogP contribution in [-0.2, 0) is 23.2 Å². The van der Waals surface area contributed by atoms with Gasteiger partial charge in [-0.05, 0) is 37.1 Å². The number of fused-ring (bicyclic) bond motifs is 1. The SMILES string of the molecule is CC1(C)C(=O)Cc2cc(C(=O)NCc3c(F)cc(F)cc3F)ccc21. The first-order chi connectivity index (χ1) is 11.7. The first-order valence-corrected chi connectivity index (χ1v) is 7.78. The fraction of sp³-hybridized carbons (Fsp3) is 0.263. The van der Waals surface area contributed by atoms with E-state index in [1.165, 1.54) is 0 Å². The monoisotopic (exact) mass is 347 g/mol. The number of carbonyl (C=O) groups is 2. The number of carbonyl (C=O) groups excluding carboxylic acids is 2. The van der Waals surface area contributed by atoms with Crippen LogP contribution in [0.2, 0.25) is 0 Å². The number of benzene rings is 2. The van der Waals surface area contributed by atoms with Gasteiger partial charge in [-0.15, -0.1) is 0 Å². The molecule has 25 heavy (non-hydrogen) atoms. The third kappa shape index (κ3) is 3.04. The second-order valence-corrected chi connectivity index (χ2v) is 6.63. The van der Waals surface area contributed by atoms with E-state index in [-0.39, 0.29) is 12.2 Å². The molecule has 1 amide bonds. The molecule has 0 saturated heterocycles. The van der Waals surface area contributed by atoms with Crippen LogP contribution >= 0.6 is 0 Å². The highest BCUT2D eigenvalue weighted by Gasteiger charge is 2.38. The lowest BCUT2D eigenvalue weighted by molar-refractivity contribution is -0.121. The third-order valence-electron chi connectivity index (χ3n) is 4.62. The molecule has 2 aromatic rings. The number of Topliss-reactive ketones (excluding diaryl/α,β-unsaturated/α-hetero) is 1. The quantitative estimate of drug-likeness (QED) is 0.925. The maximum Gasteiger partial charge on any atom is 0.251 e. The molecule has 2 aromatic carbocycles. The van der Waals surface area contributed by atoms with E-state index in [9.17, 15) is 22.8 Å². The third-order valence-corrected chi connectivity index (χ3v) is 4.62. The summed E-state index contributed by atoms with van der Waals surface area (Å²) in [6.45, 7) is 3.26. The number of hydrogen-bond donors (Lipinski definition) is 1. The van der Waals surface area contributed by atoms with Crippen LogP contribution in [0, 0.1) is 17.5 Å². The zero-order valence-electron chi connectivity index (χ0n) is 13.8. The van der Waals surface area contributed by atoms with Gasteiger partial charge in [-0.2, -0.15) is 0 Å². The number of ketones is 1. The zero-order chi connectivity index (χ0) is 18.4. The van der Waals surface area contributed by atoms with Crippen LogP contribution in [0.1, 0.15) is 40.9 Å². The topological polar surface area (TPSA) is 46.2 Å². The molecule has 1 aliphatic carbocycles. The molecular weight excluding hydrogens is 331 g/mol. The predicted molar refractivity (Wildman–Crippen MR) is 85.7 cm³/mol. The van der Waals surface area contributed by atoms with Gasteiger partial charge in [-0.25, -0.2) is 13.2 Å². The summed E-state index contributed by atoms with van der Waals surface area (Å²) in [5.41, 5.74) is 0.968. The lowest BCUT2D eigenvalue weighted by atomic mass is 9.85. The van der Waals surface area contributed by atoms with Crippen LogP contribution < -0.4 is 5.32 Å². The van der Waals surface area contributed by atoms with E-state index in [0.717, 1.165) is 11.1 Å². The summed E-state index contributed by atoms with van der Waals surface area (Å²) in [4.78, 5) is 24.3. The minimum atomic E-state index is -1.06. The Hall–Kier alpha value is -2.63. The van der Waals surface area contributed by atoms with Crippen LogP contribution in [0.4, 0.5) is 13.2 Å². The van der Waals surface area contributed by atoms with Crippen LogP contribution in [0.3, 0.4) is 0 Å². The van der Waals surface area contributed by atoms with E-state index >= 15 is 0 Å². The summed E-state index contributed by atoms with van der Waals surface area (Å²) in [5, 5.41) is 2.41. The van der Waals surface area contributed by atoms with Gasteiger partial charge in [0.05, 0.1) is 0 Å². The number of rotatable bonds is 3. The summed E-state index contributed by atoms with van der Waals surface area (Å²) in [6, 6.07) is 6.05. The minimum Gasteiger partial charge on any atom is -0.348 e. The molecule has 0 spiro atoms. The van der Waals surface area contributed by atoms with Crippen molar-refractivity contribution < 1.29 is 22.8 Å². The fourth-order valence-electron chi connectivity index (χ4n) is 3.05. The van der Waals surface area contributed by atoms with Gasteiger partial charge in [0.25, 0.3) is 5.91 Å². The molecule has 130 valence electrons. The molecule has 3 rings (SSSR count). The van der Waals surface area contributed by atoms with E-state index in [0.29, 0.717) is 17.7 Å². The Kier molecular flexibility index (Phi) is 4.14. The van der Waals surface area contributed by atoms with Crippen molar-refractivity contribution in [3.63, 3.8) is 0 Å². The Morgan fingerprint density at radius 1 is 1.12 bits per heavy atom. The van der Waals surface area contributed by atoms with Gasteiger partial charge in [0.1, 0.15) is 23.2 Å². The Labute approximate surface area is 142 Å². The first-order valence-electron chi connectivity index (χ1n) is 7.78. The minimum absolute atomic E-state index is 0.0792. The predicted octanol–water partition coefficient (Wildman–Crippen LogP) is 3.44. The van der Waals surface area contributed by atoms with Crippen molar-refractivity contribution in [3.05, 3.63) is 70.0 Å². The molecular formula is C19H16F3NO2. The Morgan fingerprint density at radius 2 is 1.76 bits per heavy atom. The van der Waals surface area contributed by atoms with E-state index in [1.54, 1.807) is 18.2 Å². The molecule has 3 nitrogen and oxygen atoms in total. The molecule has 0 aliphatic heterocycles. The summed E-state index contributed by atoms with van der Waals surface area (Å²) in [7, 11) is 0. The molecule has 0 fully saturated rings. The highest BCUT2D eigenvalue weighted by molar-refractivity contribution is 5.99. The van der Waals surface area contributed by atoms with E-state index in [1.807, 2.05) is 13.8 Å². The summed E-state index contributed by atoms with van der Waals surface area (Å²) in [5.74, 6) is -3.58. The van der Waals surface area contributed by atoms with E-state index in [4.69, 9.17) is 0 Å². The van der Waals surface area contributed by atoms with Crippen molar-refractivity contribution in [2.24, 2.45) is 0 Å². The smallest absolute Gasteiger partial charge is 0.251 e. The van der Waals surface area contributed by atoms with Crippen LogP contribution in [-0.4, -0.2) is 11.7 Å². The van der Waals surface area contributed by atoms with Crippen molar-refractivity contribution >= 4 is 11.7 Å². The van der Waals surface area contributed by atoms with Gasteiger partial charge in [-0.3, -0.25) is 9.59 Å². The van der Waals surface area contributed by atoms with Crippen molar-refractivity contribution in [3.8, 4) is 0 Å². The van der Waals surface area contributed by atoms with Gasteiger partial charge < -0.3 is 5.32 Å². The van der Waals surface area contributed by atoms with Gasteiger partial charge in [0.2, 0.25) is 0 Å². The van der Waals surface area contributed by atoms with Crippen molar-refractivity contribution in [1.29, 1.82) is 0 Å². The van der Waals surface area contributed by atoms with Crippen LogP contribution in [0.15, 0.2) is 30.3 Å². The molecule has 6 heteroatoms. The Morgan fingerprint density at radius 3 is 2.40 bits per heavy atom. The molecule has 0 unspecified atom stereocenters. The van der Waals surface area contributed by atoms with Gasteiger partial charge in [-0.1, -0.05) is 6.07 Å². The zero-order valence-corrected chi connectivity index (χ0v) is 13.8. The maximum atomic E-state index is 13.6. The summed E-state index contributed by atoms with van der Waals surface area (Å²) < 4.78 is 40.1. The molecule has 0 atom stereocenters. The average Bonchev–Trinajstić information content (AvgIpc) is 2.75. The van der Waals surface area contributed by atoms with Crippen LogP contribution in [0.25, 0.3) is 0 Å². The normalized spacial score (nSPS) is 15.2. The second-order valence-electron chi connectivity index (χ2n) is 6.63. The molecule has 1 N–H and O–H groups in total. The molecule has 0 bridgehead atoms. The Balaban J connectivity index is 1.78. The summed E-state index contributed by atoms with van der Waals surface area (Å²) in [6.07, 6.45) is 0.255. The molecule has 0 aromatic heterocycles. The Bertz CT molecular complexity index is 867. The number of halogens is 3. The highest BCUT2D eigenvalue weighted by atomic mass is 19.1. The largest absolute Gasteiger partial charge is 0.348 e. The molecule has 0 radical (unpaired) electrons. The maximum absolute atomic E-state index is 13.6. The highest BCUT2D eigenvalue weighted by Crippen LogP contribution is 2.35. The number of hydrogen-bond acceptors (Lipinski definition) is 2. The van der Waals surface area contributed by atoms with Crippen LogP contribution in [0.5, 0.6) is 0 Å². The molecule has 0 heterocycles. The van der Waals surface area contributed by atoms with E-state index < -0.39 is 40.9 Å². The van der Waals surface area contributed by atoms with Gasteiger partial charge >= 0.3 is 0 Å². The van der Waals surface area contributed by atoms with Crippen molar-refractivity contribution in [2.45, 2.75) is 32.2 Å². The van der Waals surface area contributed by atoms with Gasteiger partial charge in [0, 0.05) is 41.6 Å². The van der Waals surface area contributed by atoms with Crippen molar-refractivity contribution in [1.82, 2.24) is 5.32 Å². The fourth-order valence-corrected chi connectivity index (χ4v) is 3.05. The van der Waals surface area contributed by atoms with Crippen molar-refractivity contribution in [2.75, 3.05) is 0 Å². The number of nitrogens with one attached hydrogen (secondary N) is 1. The lowest BCUT2D eigenvalue weighted by Crippen LogP contribution is -2.25. The molecule has 1 aliphatic rings. The van der Waals surface area contributed by atoms with E-state index in [2.05, 4.69) is 5.32 Å².